The molecule has 0 spiro atoms. The number of halogens is 1. The quantitative estimate of drug-likeness (QED) is 0.780. The summed E-state index contributed by atoms with van der Waals surface area (Å²) in [5.41, 5.74) is 7.51. The van der Waals surface area contributed by atoms with Crippen LogP contribution in [-0.4, -0.2) is 15.7 Å². The van der Waals surface area contributed by atoms with E-state index in [0.29, 0.717) is 16.4 Å². The van der Waals surface area contributed by atoms with Gasteiger partial charge in [-0.2, -0.15) is 5.10 Å². The van der Waals surface area contributed by atoms with Crippen molar-refractivity contribution in [3.8, 4) is 0 Å². The Bertz CT molecular complexity index is 841. The van der Waals surface area contributed by atoms with Crippen LogP contribution in [0.25, 0.3) is 10.9 Å². The number of nitrogens with two attached hydrogens (primary N) is 1. The molecule has 0 aliphatic heterocycles. The molecule has 0 saturated carbocycles. The van der Waals surface area contributed by atoms with Crippen molar-refractivity contribution in [2.75, 3.05) is 5.32 Å². The number of benzene rings is 2. The van der Waals surface area contributed by atoms with Gasteiger partial charge in [-0.05, 0) is 36.4 Å². The van der Waals surface area contributed by atoms with Gasteiger partial charge in [-0.25, -0.2) is 0 Å². The summed E-state index contributed by atoms with van der Waals surface area (Å²) in [7, 11) is 1.84. The summed E-state index contributed by atoms with van der Waals surface area (Å²) in [5.74, 6) is 0.187. The number of aromatic nitrogens is 2. The first-order valence-electron chi connectivity index (χ1n) is 6.34. The van der Waals surface area contributed by atoms with Crippen molar-refractivity contribution >= 4 is 39.9 Å². The zero-order valence-electron chi connectivity index (χ0n) is 11.3. The molecule has 5 nitrogen and oxygen atoms in total. The smallest absolute Gasteiger partial charge is 0.248 e. The summed E-state index contributed by atoms with van der Waals surface area (Å²) in [6, 6.07) is 12.6. The first kappa shape index (κ1) is 13.5. The number of carbonyl (C=O) groups excluding carboxylic acids is 1. The molecule has 0 bridgehead atoms. The molecule has 0 saturated heterocycles. The summed E-state index contributed by atoms with van der Waals surface area (Å²) < 4.78 is 1.74. The standard InChI is InChI=1S/C15H13ClN4O/c1-20-13-6-5-9(14(17)21)7-12(13)15(19-20)18-11-4-2-3-10(16)8-11/h2-8H,1H3,(H2,17,21)(H,18,19). The van der Waals surface area contributed by atoms with Crippen molar-refractivity contribution in [2.24, 2.45) is 12.8 Å². The molecule has 2 aromatic carbocycles. The van der Waals surface area contributed by atoms with E-state index in [4.69, 9.17) is 17.3 Å². The summed E-state index contributed by atoms with van der Waals surface area (Å²) in [6.07, 6.45) is 0. The van der Waals surface area contributed by atoms with E-state index in [-0.39, 0.29) is 0 Å². The van der Waals surface area contributed by atoms with Crippen molar-refractivity contribution in [2.45, 2.75) is 0 Å². The molecule has 106 valence electrons. The monoisotopic (exact) mass is 300 g/mol. The Hall–Kier alpha value is -2.53. The average Bonchev–Trinajstić information content (AvgIpc) is 2.75. The van der Waals surface area contributed by atoms with Crippen molar-refractivity contribution in [1.82, 2.24) is 9.78 Å². The van der Waals surface area contributed by atoms with Crippen LogP contribution in [0.3, 0.4) is 0 Å². The molecule has 0 aliphatic rings. The van der Waals surface area contributed by atoms with Gasteiger partial charge in [-0.1, -0.05) is 17.7 Å². The number of nitrogens with one attached hydrogen (secondary N) is 1. The Labute approximate surface area is 126 Å². The minimum atomic E-state index is -0.463. The minimum absolute atomic E-state index is 0.449. The van der Waals surface area contributed by atoms with Crippen LogP contribution in [0.2, 0.25) is 5.02 Å². The second-order valence-electron chi connectivity index (χ2n) is 4.70. The highest BCUT2D eigenvalue weighted by Gasteiger charge is 2.11. The SMILES string of the molecule is Cn1nc(Nc2cccc(Cl)c2)c2cc(C(N)=O)ccc21. The van der Waals surface area contributed by atoms with E-state index in [1.807, 2.05) is 25.2 Å². The van der Waals surface area contributed by atoms with Crippen molar-refractivity contribution < 1.29 is 4.79 Å². The molecule has 1 heterocycles. The Morgan fingerprint density at radius 2 is 2.10 bits per heavy atom. The number of amides is 1. The van der Waals surface area contributed by atoms with Crippen LogP contribution in [0.1, 0.15) is 10.4 Å². The first-order chi connectivity index (χ1) is 10.0. The predicted molar refractivity (Wildman–Crippen MR) is 84.0 cm³/mol. The third-order valence-electron chi connectivity index (χ3n) is 3.22. The van der Waals surface area contributed by atoms with Crippen molar-refractivity contribution in [3.05, 3.63) is 53.1 Å². The third-order valence-corrected chi connectivity index (χ3v) is 3.46. The molecule has 0 fully saturated rings. The Balaban J connectivity index is 2.09. The normalized spacial score (nSPS) is 10.8. The Morgan fingerprint density at radius 1 is 1.29 bits per heavy atom. The van der Waals surface area contributed by atoms with E-state index in [0.717, 1.165) is 16.6 Å². The molecule has 3 N–H and O–H groups in total. The number of nitrogens with zero attached hydrogens (tertiary/aromatic N) is 2. The lowest BCUT2D eigenvalue weighted by molar-refractivity contribution is 0.100. The maximum atomic E-state index is 11.3. The van der Waals surface area contributed by atoms with Gasteiger partial charge >= 0.3 is 0 Å². The van der Waals surface area contributed by atoms with E-state index < -0.39 is 5.91 Å². The van der Waals surface area contributed by atoms with Crippen molar-refractivity contribution in [1.29, 1.82) is 0 Å². The third kappa shape index (κ3) is 2.55. The number of aryl methyl sites for hydroxylation is 1. The number of rotatable bonds is 3. The average molecular weight is 301 g/mol. The van der Waals surface area contributed by atoms with Gasteiger partial charge in [-0.15, -0.1) is 0 Å². The number of hydrogen-bond donors (Lipinski definition) is 2. The lowest BCUT2D eigenvalue weighted by Crippen LogP contribution is -2.10. The zero-order chi connectivity index (χ0) is 15.0. The molecule has 6 heteroatoms. The molecular weight excluding hydrogens is 288 g/mol. The van der Waals surface area contributed by atoms with Gasteiger partial charge in [0.2, 0.25) is 5.91 Å². The molecule has 0 unspecified atom stereocenters. The van der Waals surface area contributed by atoms with Crippen LogP contribution in [0, 0.1) is 0 Å². The summed E-state index contributed by atoms with van der Waals surface area (Å²) in [4.78, 5) is 11.3. The second kappa shape index (κ2) is 5.10. The molecule has 0 radical (unpaired) electrons. The highest BCUT2D eigenvalue weighted by atomic mass is 35.5. The van der Waals surface area contributed by atoms with Gasteiger partial charge in [0.25, 0.3) is 0 Å². The Morgan fingerprint density at radius 3 is 2.81 bits per heavy atom. The molecule has 21 heavy (non-hydrogen) atoms. The van der Waals surface area contributed by atoms with Crippen LogP contribution in [0.5, 0.6) is 0 Å². The highest BCUT2D eigenvalue weighted by molar-refractivity contribution is 6.30. The number of carbonyl (C=O) groups is 1. The van der Waals surface area contributed by atoms with E-state index in [9.17, 15) is 4.79 Å². The number of fused-ring (bicyclic) bond motifs is 1. The summed E-state index contributed by atoms with van der Waals surface area (Å²) in [6.45, 7) is 0. The van der Waals surface area contributed by atoms with Crippen LogP contribution >= 0.6 is 11.6 Å². The minimum Gasteiger partial charge on any atom is -0.366 e. The maximum Gasteiger partial charge on any atom is 0.248 e. The van der Waals surface area contributed by atoms with Crippen LogP contribution < -0.4 is 11.1 Å². The molecule has 1 aromatic heterocycles. The van der Waals surface area contributed by atoms with E-state index in [1.54, 1.807) is 28.9 Å². The van der Waals surface area contributed by atoms with Crippen LogP contribution in [-0.2, 0) is 7.05 Å². The largest absolute Gasteiger partial charge is 0.366 e. The van der Waals surface area contributed by atoms with E-state index >= 15 is 0 Å². The number of hydrogen-bond acceptors (Lipinski definition) is 3. The van der Waals surface area contributed by atoms with Crippen LogP contribution in [0.4, 0.5) is 11.5 Å². The second-order valence-corrected chi connectivity index (χ2v) is 5.14. The fourth-order valence-corrected chi connectivity index (χ4v) is 2.40. The molecule has 0 atom stereocenters. The van der Waals surface area contributed by atoms with E-state index in [1.165, 1.54) is 0 Å². The van der Waals surface area contributed by atoms with Gasteiger partial charge in [0.15, 0.2) is 5.82 Å². The van der Waals surface area contributed by atoms with Gasteiger partial charge in [0.05, 0.1) is 5.52 Å². The summed E-state index contributed by atoms with van der Waals surface area (Å²) in [5, 5.41) is 9.10. The molecule has 3 aromatic rings. The molecule has 3 rings (SSSR count). The van der Waals surface area contributed by atoms with Crippen LogP contribution in [0.15, 0.2) is 42.5 Å². The lowest BCUT2D eigenvalue weighted by Gasteiger charge is -2.04. The van der Waals surface area contributed by atoms with Crippen molar-refractivity contribution in [3.63, 3.8) is 0 Å². The van der Waals surface area contributed by atoms with E-state index in [2.05, 4.69) is 10.4 Å². The van der Waals surface area contributed by atoms with Gasteiger partial charge < -0.3 is 11.1 Å². The predicted octanol–water partition coefficient (Wildman–Crippen LogP) is 3.07. The van der Waals surface area contributed by atoms with Gasteiger partial charge in [-0.3, -0.25) is 9.48 Å². The molecule has 0 aliphatic carbocycles. The van der Waals surface area contributed by atoms with Gasteiger partial charge in [0, 0.05) is 28.7 Å². The highest BCUT2D eigenvalue weighted by Crippen LogP contribution is 2.27. The molecule has 1 amide bonds. The lowest BCUT2D eigenvalue weighted by atomic mass is 10.1. The summed E-state index contributed by atoms with van der Waals surface area (Å²) >= 11 is 5.97. The fourth-order valence-electron chi connectivity index (χ4n) is 2.21. The maximum absolute atomic E-state index is 11.3. The molecular formula is C15H13ClN4O. The number of anilines is 2. The number of primary amides is 1. The fraction of sp³-hybridized carbons (Fsp3) is 0.0667. The first-order valence-corrected chi connectivity index (χ1v) is 6.71. The topological polar surface area (TPSA) is 72.9 Å². The van der Waals surface area contributed by atoms with Gasteiger partial charge in [0.1, 0.15) is 0 Å². The Kier molecular flexibility index (Phi) is 3.27. The zero-order valence-corrected chi connectivity index (χ0v) is 12.1.